The van der Waals surface area contributed by atoms with Crippen molar-refractivity contribution in [3.05, 3.63) is 41.5 Å². The van der Waals surface area contributed by atoms with Crippen molar-refractivity contribution in [1.29, 1.82) is 0 Å². The number of aromatic amines is 1. The van der Waals surface area contributed by atoms with Crippen LogP contribution in [-0.2, 0) is 13.0 Å². The Morgan fingerprint density at radius 1 is 1.50 bits per heavy atom. The van der Waals surface area contributed by atoms with E-state index < -0.39 is 0 Å². The first-order valence-electron chi connectivity index (χ1n) is 6.16. The van der Waals surface area contributed by atoms with E-state index in [4.69, 9.17) is 4.74 Å². The molecule has 0 aliphatic carbocycles. The summed E-state index contributed by atoms with van der Waals surface area (Å²) in [6.45, 7) is 3.64. The molecule has 0 fully saturated rings. The number of benzene rings is 1. The zero-order valence-electron chi connectivity index (χ0n) is 10.3. The van der Waals surface area contributed by atoms with Gasteiger partial charge in [-0.05, 0) is 24.1 Å². The van der Waals surface area contributed by atoms with Gasteiger partial charge in [0.15, 0.2) is 0 Å². The van der Waals surface area contributed by atoms with Crippen molar-refractivity contribution in [2.24, 2.45) is 0 Å². The van der Waals surface area contributed by atoms with E-state index in [0.717, 1.165) is 24.6 Å². The third-order valence-corrected chi connectivity index (χ3v) is 3.25. The molecule has 2 aromatic rings. The zero-order valence-corrected chi connectivity index (χ0v) is 10.3. The highest BCUT2D eigenvalue weighted by molar-refractivity contribution is 5.40. The summed E-state index contributed by atoms with van der Waals surface area (Å²) < 4.78 is 5.51. The molecule has 94 valence electrons. The minimum Gasteiger partial charge on any atom is -0.493 e. The average molecular weight is 244 g/mol. The highest BCUT2D eigenvalue weighted by Gasteiger charge is 2.14. The molecule has 0 amide bonds. The Hall–Kier alpha value is -1.88. The Labute approximate surface area is 106 Å². The Kier molecular flexibility index (Phi) is 2.98. The van der Waals surface area contributed by atoms with Gasteiger partial charge in [-0.2, -0.15) is 5.10 Å². The van der Waals surface area contributed by atoms with Crippen LogP contribution < -0.4 is 10.1 Å². The van der Waals surface area contributed by atoms with Crippen molar-refractivity contribution in [2.45, 2.75) is 25.9 Å². The molecule has 0 spiro atoms. The molecule has 1 aliphatic heterocycles. The van der Waals surface area contributed by atoms with Crippen molar-refractivity contribution < 1.29 is 4.74 Å². The van der Waals surface area contributed by atoms with E-state index >= 15 is 0 Å². The first-order valence-corrected chi connectivity index (χ1v) is 6.16. The maximum atomic E-state index is 5.51. The minimum atomic E-state index is 0.279. The first kappa shape index (κ1) is 11.2. The third-order valence-electron chi connectivity index (χ3n) is 3.25. The average Bonchev–Trinajstić information content (AvgIpc) is 3.05. The molecule has 0 bridgehead atoms. The lowest BCUT2D eigenvalue weighted by atomic mass is 10.0. The lowest BCUT2D eigenvalue weighted by Gasteiger charge is -2.14. The summed E-state index contributed by atoms with van der Waals surface area (Å²) in [7, 11) is 0. The van der Waals surface area contributed by atoms with Crippen LogP contribution in [0, 0.1) is 0 Å². The second-order valence-electron chi connectivity index (χ2n) is 4.50. The van der Waals surface area contributed by atoms with Gasteiger partial charge in [-0.1, -0.05) is 12.1 Å². The summed E-state index contributed by atoms with van der Waals surface area (Å²) in [4.78, 5) is 4.09. The molecule has 2 heterocycles. The van der Waals surface area contributed by atoms with Crippen LogP contribution in [0.4, 0.5) is 0 Å². The topological polar surface area (TPSA) is 62.8 Å². The number of nitrogens with zero attached hydrogens (tertiary/aromatic N) is 2. The van der Waals surface area contributed by atoms with Crippen LogP contribution in [0.3, 0.4) is 0 Å². The Morgan fingerprint density at radius 2 is 2.44 bits per heavy atom. The lowest BCUT2D eigenvalue weighted by Crippen LogP contribution is -2.19. The van der Waals surface area contributed by atoms with E-state index in [-0.39, 0.29) is 6.04 Å². The first-order chi connectivity index (χ1) is 8.83. The molecule has 5 nitrogen and oxygen atoms in total. The van der Waals surface area contributed by atoms with Crippen molar-refractivity contribution in [1.82, 2.24) is 20.5 Å². The van der Waals surface area contributed by atoms with E-state index in [2.05, 4.69) is 45.6 Å². The van der Waals surface area contributed by atoms with Gasteiger partial charge in [-0.3, -0.25) is 5.10 Å². The predicted octanol–water partition coefficient (Wildman–Crippen LogP) is 1.59. The Bertz CT molecular complexity index is 524. The van der Waals surface area contributed by atoms with Crippen LogP contribution in [0.15, 0.2) is 24.5 Å². The van der Waals surface area contributed by atoms with Gasteiger partial charge in [-0.25, -0.2) is 4.98 Å². The maximum absolute atomic E-state index is 5.51. The number of ether oxygens (including phenoxy) is 1. The van der Waals surface area contributed by atoms with Crippen molar-refractivity contribution in [2.75, 3.05) is 6.61 Å². The van der Waals surface area contributed by atoms with E-state index in [9.17, 15) is 0 Å². The molecule has 1 aliphatic rings. The summed E-state index contributed by atoms with van der Waals surface area (Å²) in [6.07, 6.45) is 2.53. The number of rotatable bonds is 4. The lowest BCUT2D eigenvalue weighted by molar-refractivity contribution is 0.356. The summed E-state index contributed by atoms with van der Waals surface area (Å²) in [5, 5.41) is 10.1. The van der Waals surface area contributed by atoms with Gasteiger partial charge >= 0.3 is 0 Å². The SMILES string of the molecule is CC(NCc1ncn[nH]1)c1ccc2c(c1)CCO2. The number of aromatic nitrogens is 3. The van der Waals surface area contributed by atoms with Gasteiger partial charge < -0.3 is 10.1 Å². The van der Waals surface area contributed by atoms with Crippen LogP contribution >= 0.6 is 0 Å². The molecule has 1 aromatic carbocycles. The Balaban J connectivity index is 1.67. The fourth-order valence-corrected chi connectivity index (χ4v) is 2.16. The van der Waals surface area contributed by atoms with Crippen LogP contribution in [0.5, 0.6) is 5.75 Å². The molecule has 1 unspecified atom stereocenters. The maximum Gasteiger partial charge on any atom is 0.138 e. The van der Waals surface area contributed by atoms with E-state index in [1.54, 1.807) is 0 Å². The summed E-state index contributed by atoms with van der Waals surface area (Å²) >= 11 is 0. The molecule has 3 rings (SSSR count). The zero-order chi connectivity index (χ0) is 12.4. The molecule has 1 atom stereocenters. The highest BCUT2D eigenvalue weighted by Crippen LogP contribution is 2.28. The van der Waals surface area contributed by atoms with Gasteiger partial charge in [0, 0.05) is 12.5 Å². The van der Waals surface area contributed by atoms with Gasteiger partial charge in [0.25, 0.3) is 0 Å². The van der Waals surface area contributed by atoms with E-state index in [1.165, 1.54) is 17.5 Å². The monoisotopic (exact) mass is 244 g/mol. The van der Waals surface area contributed by atoms with Gasteiger partial charge in [0.1, 0.15) is 17.9 Å². The quantitative estimate of drug-likeness (QED) is 0.857. The van der Waals surface area contributed by atoms with Gasteiger partial charge in [-0.15, -0.1) is 0 Å². The minimum absolute atomic E-state index is 0.279. The molecular formula is C13H16N4O. The Morgan fingerprint density at radius 3 is 3.28 bits per heavy atom. The van der Waals surface area contributed by atoms with Crippen molar-refractivity contribution in [3.8, 4) is 5.75 Å². The molecule has 2 N–H and O–H groups in total. The summed E-state index contributed by atoms with van der Waals surface area (Å²) in [5.74, 6) is 1.88. The summed E-state index contributed by atoms with van der Waals surface area (Å²) in [5.41, 5.74) is 2.58. The van der Waals surface area contributed by atoms with Crippen LogP contribution in [-0.4, -0.2) is 21.8 Å². The number of fused-ring (bicyclic) bond motifs is 1. The molecule has 0 saturated carbocycles. The van der Waals surface area contributed by atoms with Crippen molar-refractivity contribution >= 4 is 0 Å². The summed E-state index contributed by atoms with van der Waals surface area (Å²) in [6, 6.07) is 6.67. The highest BCUT2D eigenvalue weighted by atomic mass is 16.5. The standard InChI is InChI=1S/C13H16N4O/c1-9(14-7-13-15-8-16-17-13)10-2-3-12-11(6-10)4-5-18-12/h2-3,6,8-9,14H,4-5,7H2,1H3,(H,15,16,17). The van der Waals surface area contributed by atoms with Crippen LogP contribution in [0.2, 0.25) is 0 Å². The number of hydrogen-bond acceptors (Lipinski definition) is 4. The molecule has 5 heteroatoms. The molecule has 1 aromatic heterocycles. The van der Waals surface area contributed by atoms with Gasteiger partial charge in [0.05, 0.1) is 13.2 Å². The second-order valence-corrected chi connectivity index (χ2v) is 4.50. The second kappa shape index (κ2) is 4.78. The van der Waals surface area contributed by atoms with E-state index in [1.807, 2.05) is 0 Å². The smallest absolute Gasteiger partial charge is 0.138 e. The third kappa shape index (κ3) is 2.22. The fraction of sp³-hybridized carbons (Fsp3) is 0.385. The number of hydrogen-bond donors (Lipinski definition) is 2. The van der Waals surface area contributed by atoms with Gasteiger partial charge in [0.2, 0.25) is 0 Å². The van der Waals surface area contributed by atoms with Crippen molar-refractivity contribution in [3.63, 3.8) is 0 Å². The molecular weight excluding hydrogens is 228 g/mol. The molecule has 18 heavy (non-hydrogen) atoms. The normalized spacial score (nSPS) is 15.2. The molecule has 0 saturated heterocycles. The predicted molar refractivity (Wildman–Crippen MR) is 67.3 cm³/mol. The fourth-order valence-electron chi connectivity index (χ4n) is 2.16. The van der Waals surface area contributed by atoms with Crippen LogP contribution in [0.25, 0.3) is 0 Å². The molecule has 0 radical (unpaired) electrons. The largest absolute Gasteiger partial charge is 0.493 e. The number of nitrogens with one attached hydrogen (secondary N) is 2. The van der Waals surface area contributed by atoms with E-state index in [0.29, 0.717) is 6.54 Å². The van der Waals surface area contributed by atoms with Crippen LogP contribution in [0.1, 0.15) is 29.9 Å². The number of H-pyrrole nitrogens is 1.